The van der Waals surface area contributed by atoms with Gasteiger partial charge in [-0.1, -0.05) is 44.5 Å². The van der Waals surface area contributed by atoms with Gasteiger partial charge in [0.05, 0.1) is 17.3 Å². The summed E-state index contributed by atoms with van der Waals surface area (Å²) in [7, 11) is 0. The minimum absolute atomic E-state index is 0.0193. The number of carbonyl (C=O) groups is 2. The minimum atomic E-state index is -0.670. The highest BCUT2D eigenvalue weighted by Crippen LogP contribution is 2.22. The van der Waals surface area contributed by atoms with E-state index in [1.54, 1.807) is 41.8 Å². The van der Waals surface area contributed by atoms with Gasteiger partial charge in [0.25, 0.3) is 5.91 Å². The first kappa shape index (κ1) is 20.9. The fourth-order valence-electron chi connectivity index (χ4n) is 2.90. The fraction of sp³-hybridized carbons (Fsp3) is 0.318. The third kappa shape index (κ3) is 5.15. The van der Waals surface area contributed by atoms with Crippen LogP contribution in [-0.4, -0.2) is 27.2 Å². The maximum absolute atomic E-state index is 12.4. The Hall–Kier alpha value is -2.86. The monoisotopic (exact) mass is 412 g/mol. The van der Waals surface area contributed by atoms with E-state index >= 15 is 0 Å². The number of nitrogens with zero attached hydrogens (tertiary/aromatic N) is 2. The van der Waals surface area contributed by atoms with Crippen molar-refractivity contribution in [3.05, 3.63) is 70.6 Å². The number of rotatable bonds is 5. The van der Waals surface area contributed by atoms with Gasteiger partial charge < -0.3 is 15.0 Å². The van der Waals surface area contributed by atoms with E-state index < -0.39 is 6.04 Å². The maximum atomic E-state index is 12.4. The van der Waals surface area contributed by atoms with E-state index in [1.165, 1.54) is 0 Å². The van der Waals surface area contributed by atoms with E-state index in [-0.39, 0.29) is 23.8 Å². The van der Waals surface area contributed by atoms with Gasteiger partial charge in [-0.05, 0) is 42.2 Å². The average Bonchev–Trinajstić information content (AvgIpc) is 3.07. The van der Waals surface area contributed by atoms with Gasteiger partial charge in [-0.25, -0.2) is 4.98 Å². The zero-order valence-electron chi connectivity index (χ0n) is 17.0. The summed E-state index contributed by atoms with van der Waals surface area (Å²) in [6.45, 7) is 8.27. The van der Waals surface area contributed by atoms with Crippen molar-refractivity contribution >= 4 is 29.1 Å². The molecule has 2 aromatic heterocycles. The number of aromatic nitrogens is 2. The lowest BCUT2D eigenvalue weighted by Crippen LogP contribution is -2.44. The Balaban J connectivity index is 1.56. The quantitative estimate of drug-likeness (QED) is 0.670. The van der Waals surface area contributed by atoms with Crippen LogP contribution in [0.3, 0.4) is 0 Å². The minimum Gasteiger partial charge on any atom is -0.349 e. The zero-order valence-corrected chi connectivity index (χ0v) is 17.7. The molecule has 0 saturated heterocycles. The van der Waals surface area contributed by atoms with Gasteiger partial charge in [-0.3, -0.25) is 9.59 Å². The topological polar surface area (TPSA) is 75.5 Å². The van der Waals surface area contributed by atoms with Crippen LogP contribution in [0.5, 0.6) is 0 Å². The number of nitrogens with one attached hydrogen (secondary N) is 2. The smallest absolute Gasteiger partial charge is 0.251 e. The molecule has 0 bridgehead atoms. The van der Waals surface area contributed by atoms with Gasteiger partial charge in [-0.2, -0.15) is 0 Å². The van der Waals surface area contributed by atoms with E-state index in [1.807, 2.05) is 18.3 Å². The van der Waals surface area contributed by atoms with Crippen LogP contribution in [0.25, 0.3) is 5.65 Å². The van der Waals surface area contributed by atoms with Crippen LogP contribution in [0.4, 0.5) is 0 Å². The van der Waals surface area contributed by atoms with Gasteiger partial charge in [0.2, 0.25) is 5.91 Å². The summed E-state index contributed by atoms with van der Waals surface area (Å²) in [5.41, 5.74) is 3.14. The highest BCUT2D eigenvalue weighted by atomic mass is 35.5. The predicted molar refractivity (Wildman–Crippen MR) is 114 cm³/mol. The molecular formula is C22H25ClN4O2. The highest BCUT2D eigenvalue weighted by Gasteiger charge is 2.18. The van der Waals surface area contributed by atoms with Crippen LogP contribution in [0.2, 0.25) is 5.02 Å². The lowest BCUT2D eigenvalue weighted by atomic mass is 9.86. The standard InChI is InChI=1S/C22H25ClN4O2/c1-14(25-21(29)15-5-7-16(8-6-15)22(2,3)4)20(28)24-11-18-13-27-12-17(23)9-10-19(27)26-18/h5-10,12-14H,11H2,1-4H3,(H,24,28)(H,25,29). The molecule has 0 saturated carbocycles. The number of imidazole rings is 1. The molecule has 1 atom stereocenters. The number of hydrogen-bond acceptors (Lipinski definition) is 3. The number of benzene rings is 1. The van der Waals surface area contributed by atoms with Crippen molar-refractivity contribution in [3.8, 4) is 0 Å². The van der Waals surface area contributed by atoms with Crippen LogP contribution in [0, 0.1) is 0 Å². The van der Waals surface area contributed by atoms with E-state index in [9.17, 15) is 9.59 Å². The molecule has 0 spiro atoms. The Morgan fingerprint density at radius 3 is 2.45 bits per heavy atom. The normalized spacial score (nSPS) is 12.6. The number of amides is 2. The van der Waals surface area contributed by atoms with E-state index in [4.69, 9.17) is 11.6 Å². The fourth-order valence-corrected chi connectivity index (χ4v) is 3.07. The Morgan fingerprint density at radius 1 is 1.10 bits per heavy atom. The Morgan fingerprint density at radius 2 is 1.79 bits per heavy atom. The number of pyridine rings is 1. The summed E-state index contributed by atoms with van der Waals surface area (Å²) in [5.74, 6) is -0.560. The molecule has 29 heavy (non-hydrogen) atoms. The summed E-state index contributed by atoms with van der Waals surface area (Å²) >= 11 is 5.97. The second kappa shape index (κ2) is 8.25. The van der Waals surface area contributed by atoms with Crippen LogP contribution in [-0.2, 0) is 16.8 Å². The number of carbonyl (C=O) groups excluding carboxylic acids is 2. The molecule has 7 heteroatoms. The molecule has 3 rings (SSSR count). The molecule has 0 aliphatic heterocycles. The van der Waals surface area contributed by atoms with Gasteiger partial charge >= 0.3 is 0 Å². The van der Waals surface area contributed by atoms with Crippen LogP contribution in [0.1, 0.15) is 49.3 Å². The van der Waals surface area contributed by atoms with Crippen molar-refractivity contribution in [1.29, 1.82) is 0 Å². The third-order valence-electron chi connectivity index (χ3n) is 4.66. The Kier molecular flexibility index (Phi) is 5.94. The van der Waals surface area contributed by atoms with Crippen LogP contribution < -0.4 is 10.6 Å². The molecule has 2 N–H and O–H groups in total. The van der Waals surface area contributed by atoms with Crippen molar-refractivity contribution in [2.24, 2.45) is 0 Å². The second-order valence-corrected chi connectivity index (χ2v) is 8.52. The molecule has 3 aromatic rings. The molecule has 0 aliphatic rings. The SMILES string of the molecule is CC(NC(=O)c1ccc(C(C)(C)C)cc1)C(=O)NCc1cn2cc(Cl)ccc2n1. The highest BCUT2D eigenvalue weighted by molar-refractivity contribution is 6.30. The first-order chi connectivity index (χ1) is 13.6. The summed E-state index contributed by atoms with van der Waals surface area (Å²) in [4.78, 5) is 29.2. The first-order valence-corrected chi connectivity index (χ1v) is 9.83. The maximum Gasteiger partial charge on any atom is 0.251 e. The van der Waals surface area contributed by atoms with Gasteiger partial charge in [0.1, 0.15) is 11.7 Å². The van der Waals surface area contributed by atoms with E-state index in [0.29, 0.717) is 16.3 Å². The van der Waals surface area contributed by atoms with E-state index in [2.05, 4.69) is 36.4 Å². The molecule has 0 radical (unpaired) electrons. The van der Waals surface area contributed by atoms with E-state index in [0.717, 1.165) is 11.2 Å². The molecule has 1 unspecified atom stereocenters. The largest absolute Gasteiger partial charge is 0.349 e. The van der Waals surface area contributed by atoms with Crippen molar-refractivity contribution in [1.82, 2.24) is 20.0 Å². The molecule has 0 fully saturated rings. The molecule has 1 aromatic carbocycles. The molecule has 0 aliphatic carbocycles. The lowest BCUT2D eigenvalue weighted by molar-refractivity contribution is -0.122. The lowest BCUT2D eigenvalue weighted by Gasteiger charge is -2.19. The second-order valence-electron chi connectivity index (χ2n) is 8.09. The molecule has 6 nitrogen and oxygen atoms in total. The van der Waals surface area contributed by atoms with Crippen molar-refractivity contribution < 1.29 is 9.59 Å². The number of hydrogen-bond donors (Lipinski definition) is 2. The summed E-state index contributed by atoms with van der Waals surface area (Å²) in [5, 5.41) is 6.14. The predicted octanol–water partition coefficient (Wildman–Crippen LogP) is 3.72. The Labute approximate surface area is 175 Å². The van der Waals surface area contributed by atoms with Crippen molar-refractivity contribution in [3.63, 3.8) is 0 Å². The summed E-state index contributed by atoms with van der Waals surface area (Å²) < 4.78 is 1.80. The van der Waals surface area contributed by atoms with Gasteiger partial charge in [0, 0.05) is 18.0 Å². The van der Waals surface area contributed by atoms with Crippen molar-refractivity contribution in [2.45, 2.75) is 45.7 Å². The van der Waals surface area contributed by atoms with Gasteiger partial charge in [-0.15, -0.1) is 0 Å². The molecule has 2 heterocycles. The first-order valence-electron chi connectivity index (χ1n) is 9.46. The molecule has 2 amide bonds. The third-order valence-corrected chi connectivity index (χ3v) is 4.89. The number of fused-ring (bicyclic) bond motifs is 1. The average molecular weight is 413 g/mol. The zero-order chi connectivity index (χ0) is 21.2. The Bertz CT molecular complexity index is 1040. The van der Waals surface area contributed by atoms with Crippen LogP contribution in [0.15, 0.2) is 48.8 Å². The summed E-state index contributed by atoms with van der Waals surface area (Å²) in [6.07, 6.45) is 3.56. The number of halogens is 1. The van der Waals surface area contributed by atoms with Crippen LogP contribution >= 0.6 is 11.6 Å². The summed E-state index contributed by atoms with van der Waals surface area (Å²) in [6, 6.07) is 10.3. The van der Waals surface area contributed by atoms with Gasteiger partial charge in [0.15, 0.2) is 0 Å². The van der Waals surface area contributed by atoms with Crippen molar-refractivity contribution in [2.75, 3.05) is 0 Å². The molecular weight excluding hydrogens is 388 g/mol. The molecule has 152 valence electrons.